The van der Waals surface area contributed by atoms with E-state index in [1.165, 1.54) is 33.7 Å². The Hall–Kier alpha value is -4.97. The standard InChI is InChI=1S/C37H42N6O5S/c1-23-34(45)41-30(18-24-10-4-3-5-11-24)35(46)38-16-17-43(37(48)33-28-14-7-6-12-25(28)22-49-33)21-32(44)40-31(36(47)42(23)2)19-26-20-39-29-15-9-8-13-27(26)29/h3-5,8-11,13,15,20,22-23,30-31,39H,6-7,12,14,16-19,21H2,1-2H3,(H,38,46)(H,40,44)(H,41,45)/t23-,30-,31-/m0/s1. The number of benzene rings is 2. The van der Waals surface area contributed by atoms with Crippen molar-refractivity contribution in [3.8, 4) is 0 Å². The van der Waals surface area contributed by atoms with Crippen molar-refractivity contribution < 1.29 is 24.0 Å². The highest BCUT2D eigenvalue weighted by Crippen LogP contribution is 2.31. The second kappa shape index (κ2) is 15.1. The monoisotopic (exact) mass is 682 g/mol. The molecule has 1 fully saturated rings. The molecule has 6 rings (SSSR count). The summed E-state index contributed by atoms with van der Waals surface area (Å²) in [4.78, 5) is 75.6. The molecule has 0 bridgehead atoms. The number of aryl methyl sites for hydroxylation is 1. The van der Waals surface area contributed by atoms with Crippen molar-refractivity contribution in [3.05, 3.63) is 93.3 Å². The Morgan fingerprint density at radius 1 is 0.898 bits per heavy atom. The molecule has 12 heteroatoms. The molecule has 4 N–H and O–H groups in total. The van der Waals surface area contributed by atoms with Crippen LogP contribution in [0.4, 0.5) is 0 Å². The number of aromatic amines is 1. The number of para-hydroxylation sites is 1. The Morgan fingerprint density at radius 2 is 1.65 bits per heavy atom. The summed E-state index contributed by atoms with van der Waals surface area (Å²) in [6, 6.07) is 14.1. The lowest BCUT2D eigenvalue weighted by Crippen LogP contribution is -2.57. The van der Waals surface area contributed by atoms with E-state index >= 15 is 0 Å². The molecule has 5 amide bonds. The Bertz CT molecular complexity index is 1850. The first kappa shape index (κ1) is 33.9. The van der Waals surface area contributed by atoms with Gasteiger partial charge in [-0.05, 0) is 66.3 Å². The second-order valence-corrected chi connectivity index (χ2v) is 13.7. The summed E-state index contributed by atoms with van der Waals surface area (Å²) in [5.74, 6) is -2.17. The van der Waals surface area contributed by atoms with Crippen LogP contribution < -0.4 is 16.0 Å². The van der Waals surface area contributed by atoms with Gasteiger partial charge in [0.1, 0.15) is 18.1 Å². The van der Waals surface area contributed by atoms with Crippen LogP contribution in [0.25, 0.3) is 10.9 Å². The lowest BCUT2D eigenvalue weighted by molar-refractivity contribution is -0.142. The number of nitrogens with one attached hydrogen (secondary N) is 4. The Balaban J connectivity index is 1.32. The fourth-order valence-electron chi connectivity index (χ4n) is 6.63. The molecule has 256 valence electrons. The number of rotatable bonds is 5. The molecule has 11 nitrogen and oxygen atoms in total. The van der Waals surface area contributed by atoms with Crippen molar-refractivity contribution in [1.82, 2.24) is 30.7 Å². The molecular weight excluding hydrogens is 641 g/mol. The highest BCUT2D eigenvalue weighted by atomic mass is 32.1. The maximum Gasteiger partial charge on any atom is 0.264 e. The van der Waals surface area contributed by atoms with E-state index in [0.717, 1.165) is 53.3 Å². The third-order valence-corrected chi connectivity index (χ3v) is 10.6. The third kappa shape index (κ3) is 7.69. The van der Waals surface area contributed by atoms with Gasteiger partial charge in [0.2, 0.25) is 23.6 Å². The summed E-state index contributed by atoms with van der Waals surface area (Å²) in [5.41, 5.74) is 4.79. The molecule has 0 saturated carbocycles. The normalized spacial score (nSPS) is 21.3. The fourth-order valence-corrected chi connectivity index (χ4v) is 7.76. The van der Waals surface area contributed by atoms with Crippen molar-refractivity contribution in [2.24, 2.45) is 0 Å². The zero-order valence-electron chi connectivity index (χ0n) is 27.8. The molecule has 1 saturated heterocycles. The van der Waals surface area contributed by atoms with Gasteiger partial charge in [-0.15, -0.1) is 11.3 Å². The minimum absolute atomic E-state index is 0.0635. The van der Waals surface area contributed by atoms with Gasteiger partial charge in [-0.3, -0.25) is 24.0 Å². The van der Waals surface area contributed by atoms with Crippen LogP contribution in [0.3, 0.4) is 0 Å². The highest BCUT2D eigenvalue weighted by molar-refractivity contribution is 7.12. The number of nitrogens with zero attached hydrogens (tertiary/aromatic N) is 2. The molecule has 4 aromatic rings. The summed E-state index contributed by atoms with van der Waals surface area (Å²) in [5, 5.41) is 11.6. The highest BCUT2D eigenvalue weighted by Gasteiger charge is 2.34. The average Bonchev–Trinajstić information content (AvgIpc) is 3.73. The zero-order valence-corrected chi connectivity index (χ0v) is 28.6. The Labute approximate surface area is 289 Å². The number of carbonyl (C=O) groups is 5. The molecule has 3 atom stereocenters. The molecule has 1 aliphatic carbocycles. The number of thiophene rings is 1. The SMILES string of the molecule is C[C@H]1C(=O)N[C@@H](Cc2ccccc2)C(=O)NCCN(C(=O)c2scc3c2CCCC3)CC(=O)N[C@@H](Cc2c[nH]c3ccccc23)C(=O)N1C. The van der Waals surface area contributed by atoms with Gasteiger partial charge in [-0.25, -0.2) is 0 Å². The van der Waals surface area contributed by atoms with E-state index in [9.17, 15) is 24.0 Å². The number of hydrogen-bond donors (Lipinski definition) is 4. The number of fused-ring (bicyclic) bond motifs is 2. The van der Waals surface area contributed by atoms with E-state index in [0.29, 0.717) is 4.88 Å². The maximum atomic E-state index is 14.1. The number of H-pyrrole nitrogens is 1. The van der Waals surface area contributed by atoms with Crippen LogP contribution in [0, 0.1) is 0 Å². The first-order chi connectivity index (χ1) is 23.7. The molecule has 2 aliphatic rings. The first-order valence-corrected chi connectivity index (χ1v) is 17.7. The van der Waals surface area contributed by atoms with Crippen LogP contribution in [-0.4, -0.2) is 89.1 Å². The van der Waals surface area contributed by atoms with E-state index in [2.05, 4.69) is 20.9 Å². The first-order valence-electron chi connectivity index (χ1n) is 16.8. The van der Waals surface area contributed by atoms with Crippen molar-refractivity contribution in [3.63, 3.8) is 0 Å². The topological polar surface area (TPSA) is 144 Å². The number of carbonyl (C=O) groups excluding carboxylic acids is 5. The van der Waals surface area contributed by atoms with Crippen LogP contribution in [0.1, 0.15) is 51.7 Å². The van der Waals surface area contributed by atoms with Gasteiger partial charge >= 0.3 is 0 Å². The Morgan fingerprint density at radius 3 is 2.47 bits per heavy atom. The molecule has 3 heterocycles. The van der Waals surface area contributed by atoms with E-state index in [-0.39, 0.29) is 38.4 Å². The maximum absolute atomic E-state index is 14.1. The van der Waals surface area contributed by atoms with Crippen LogP contribution in [0.2, 0.25) is 0 Å². The average molecular weight is 683 g/mol. The van der Waals surface area contributed by atoms with Gasteiger partial charge in [0.15, 0.2) is 0 Å². The van der Waals surface area contributed by atoms with Gasteiger partial charge in [0.05, 0.1) is 11.4 Å². The van der Waals surface area contributed by atoms with E-state index < -0.39 is 41.8 Å². The molecule has 0 radical (unpaired) electrons. The van der Waals surface area contributed by atoms with Crippen molar-refractivity contribution in [2.75, 3.05) is 26.7 Å². The number of likely N-dealkylation sites (N-methyl/N-ethyl adjacent to an activating group) is 1. The predicted molar refractivity (Wildman–Crippen MR) is 188 cm³/mol. The van der Waals surface area contributed by atoms with Gasteiger partial charge in [0, 0.05) is 50.1 Å². The molecule has 0 spiro atoms. The molecular formula is C37H42N6O5S. The smallest absolute Gasteiger partial charge is 0.264 e. The second-order valence-electron chi connectivity index (χ2n) is 12.9. The van der Waals surface area contributed by atoms with Gasteiger partial charge in [-0.2, -0.15) is 0 Å². The summed E-state index contributed by atoms with van der Waals surface area (Å²) >= 11 is 1.39. The summed E-state index contributed by atoms with van der Waals surface area (Å²) in [6.07, 6.45) is 6.02. The minimum Gasteiger partial charge on any atom is -0.361 e. The van der Waals surface area contributed by atoms with Crippen LogP contribution in [0.15, 0.2) is 66.2 Å². The number of aromatic nitrogens is 1. The zero-order chi connectivity index (χ0) is 34.5. The number of hydrogen-bond acceptors (Lipinski definition) is 6. The fraction of sp³-hybridized carbons (Fsp3) is 0.378. The molecule has 1 aliphatic heterocycles. The quantitative estimate of drug-likeness (QED) is 0.256. The lowest BCUT2D eigenvalue weighted by Gasteiger charge is -2.30. The van der Waals surface area contributed by atoms with Crippen molar-refractivity contribution in [2.45, 2.75) is 63.6 Å². The van der Waals surface area contributed by atoms with Crippen LogP contribution in [0.5, 0.6) is 0 Å². The van der Waals surface area contributed by atoms with E-state index in [4.69, 9.17) is 0 Å². The van der Waals surface area contributed by atoms with Gasteiger partial charge in [0.25, 0.3) is 5.91 Å². The van der Waals surface area contributed by atoms with Crippen LogP contribution in [-0.2, 0) is 44.9 Å². The molecule has 49 heavy (non-hydrogen) atoms. The predicted octanol–water partition coefficient (Wildman–Crippen LogP) is 2.98. The van der Waals surface area contributed by atoms with Crippen molar-refractivity contribution in [1.29, 1.82) is 0 Å². The van der Waals surface area contributed by atoms with E-state index in [1.807, 2.05) is 66.2 Å². The number of amides is 5. The molecule has 0 unspecified atom stereocenters. The summed E-state index contributed by atoms with van der Waals surface area (Å²) < 4.78 is 0. The van der Waals surface area contributed by atoms with Crippen LogP contribution >= 0.6 is 11.3 Å². The summed E-state index contributed by atoms with van der Waals surface area (Å²) in [6.45, 7) is 1.42. The molecule has 2 aromatic carbocycles. The molecule has 2 aromatic heterocycles. The minimum atomic E-state index is -1.02. The Kier molecular flexibility index (Phi) is 10.4. The van der Waals surface area contributed by atoms with E-state index in [1.54, 1.807) is 6.92 Å². The van der Waals surface area contributed by atoms with Gasteiger partial charge in [-0.1, -0.05) is 48.5 Å². The lowest BCUT2D eigenvalue weighted by atomic mass is 9.93. The van der Waals surface area contributed by atoms with Gasteiger partial charge < -0.3 is 30.7 Å². The van der Waals surface area contributed by atoms with Crippen molar-refractivity contribution >= 4 is 51.8 Å². The third-order valence-electron chi connectivity index (χ3n) is 9.56. The summed E-state index contributed by atoms with van der Waals surface area (Å²) in [7, 11) is 1.51. The largest absolute Gasteiger partial charge is 0.361 e.